The maximum absolute atomic E-state index is 12.5. The summed E-state index contributed by atoms with van der Waals surface area (Å²) in [5, 5.41) is 8.57. The second-order valence-corrected chi connectivity index (χ2v) is 7.37. The second kappa shape index (κ2) is 9.44. The van der Waals surface area contributed by atoms with E-state index in [0.29, 0.717) is 25.8 Å². The Kier molecular flexibility index (Phi) is 6.74. The molecule has 1 fully saturated rings. The SMILES string of the molecule is CNC(=O)C1(NC(=O)NCC[C@@H](c2ccccc2)c2ccco2)CCCCC1. The number of likely N-dealkylation sites (N-methyl/N-ethyl adjacent to an activating group) is 1. The van der Waals surface area contributed by atoms with Gasteiger partial charge in [0.25, 0.3) is 0 Å². The van der Waals surface area contributed by atoms with Crippen LogP contribution in [0, 0.1) is 0 Å². The molecule has 1 aliphatic rings. The fraction of sp³-hybridized carbons (Fsp3) is 0.455. The van der Waals surface area contributed by atoms with Gasteiger partial charge in [0.05, 0.1) is 6.26 Å². The minimum absolute atomic E-state index is 0.0686. The Morgan fingerprint density at radius 2 is 1.82 bits per heavy atom. The Bertz CT molecular complexity index is 753. The van der Waals surface area contributed by atoms with Gasteiger partial charge in [-0.05, 0) is 37.0 Å². The van der Waals surface area contributed by atoms with Gasteiger partial charge >= 0.3 is 6.03 Å². The molecule has 3 rings (SSSR count). The molecule has 1 aromatic carbocycles. The minimum atomic E-state index is -0.795. The highest BCUT2D eigenvalue weighted by molar-refractivity contribution is 5.91. The maximum atomic E-state index is 12.5. The molecular weight excluding hydrogens is 354 g/mol. The average Bonchev–Trinajstić information content (AvgIpc) is 3.26. The highest BCUT2D eigenvalue weighted by Gasteiger charge is 2.40. The average molecular weight is 383 g/mol. The molecule has 0 aliphatic heterocycles. The van der Waals surface area contributed by atoms with E-state index in [-0.39, 0.29) is 17.9 Å². The van der Waals surface area contributed by atoms with E-state index in [1.54, 1.807) is 13.3 Å². The first-order valence-corrected chi connectivity index (χ1v) is 10.0. The number of furan rings is 1. The number of carbonyl (C=O) groups excluding carboxylic acids is 2. The van der Waals surface area contributed by atoms with Crippen molar-refractivity contribution in [1.29, 1.82) is 0 Å². The molecule has 1 saturated carbocycles. The van der Waals surface area contributed by atoms with Crippen molar-refractivity contribution in [2.24, 2.45) is 0 Å². The maximum Gasteiger partial charge on any atom is 0.315 e. The third kappa shape index (κ3) is 4.74. The quantitative estimate of drug-likeness (QED) is 0.684. The molecule has 28 heavy (non-hydrogen) atoms. The number of amides is 3. The zero-order chi connectivity index (χ0) is 19.8. The number of urea groups is 1. The molecule has 3 amide bonds. The van der Waals surface area contributed by atoms with Crippen molar-refractivity contribution in [2.45, 2.75) is 50.0 Å². The van der Waals surface area contributed by atoms with Crippen molar-refractivity contribution in [1.82, 2.24) is 16.0 Å². The van der Waals surface area contributed by atoms with E-state index < -0.39 is 5.54 Å². The van der Waals surface area contributed by atoms with Crippen molar-refractivity contribution in [3.05, 3.63) is 60.1 Å². The Labute approximate surface area is 166 Å². The normalized spacial score (nSPS) is 16.8. The van der Waals surface area contributed by atoms with Crippen molar-refractivity contribution in [2.75, 3.05) is 13.6 Å². The second-order valence-electron chi connectivity index (χ2n) is 7.37. The third-order valence-electron chi connectivity index (χ3n) is 5.53. The van der Waals surface area contributed by atoms with Crippen LogP contribution < -0.4 is 16.0 Å². The van der Waals surface area contributed by atoms with Crippen molar-refractivity contribution in [3.63, 3.8) is 0 Å². The summed E-state index contributed by atoms with van der Waals surface area (Å²) in [6, 6.07) is 13.7. The summed E-state index contributed by atoms with van der Waals surface area (Å²) < 4.78 is 5.61. The van der Waals surface area contributed by atoms with Crippen molar-refractivity contribution in [3.8, 4) is 0 Å². The summed E-state index contributed by atoms with van der Waals surface area (Å²) in [7, 11) is 1.62. The fourth-order valence-electron chi connectivity index (χ4n) is 4.04. The molecule has 0 radical (unpaired) electrons. The summed E-state index contributed by atoms with van der Waals surface area (Å²) in [4.78, 5) is 24.9. The van der Waals surface area contributed by atoms with E-state index >= 15 is 0 Å². The molecule has 1 atom stereocenters. The molecular formula is C22H29N3O3. The summed E-state index contributed by atoms with van der Waals surface area (Å²) in [6.45, 7) is 0.482. The van der Waals surface area contributed by atoms with Gasteiger partial charge in [0.15, 0.2) is 0 Å². The zero-order valence-corrected chi connectivity index (χ0v) is 16.4. The van der Waals surface area contributed by atoms with E-state index in [2.05, 4.69) is 28.1 Å². The predicted molar refractivity (Wildman–Crippen MR) is 108 cm³/mol. The highest BCUT2D eigenvalue weighted by Crippen LogP contribution is 2.29. The van der Waals surface area contributed by atoms with Gasteiger partial charge < -0.3 is 20.4 Å². The molecule has 0 unspecified atom stereocenters. The van der Waals surface area contributed by atoms with E-state index in [1.807, 2.05) is 30.3 Å². The van der Waals surface area contributed by atoms with Gasteiger partial charge in [-0.1, -0.05) is 49.6 Å². The van der Waals surface area contributed by atoms with Crippen LogP contribution in [0.3, 0.4) is 0 Å². The van der Waals surface area contributed by atoms with Crippen LogP contribution in [0.25, 0.3) is 0 Å². The topological polar surface area (TPSA) is 83.4 Å². The molecule has 2 aromatic rings. The lowest BCUT2D eigenvalue weighted by Crippen LogP contribution is -2.61. The third-order valence-corrected chi connectivity index (χ3v) is 5.53. The molecule has 6 nitrogen and oxygen atoms in total. The predicted octanol–water partition coefficient (Wildman–Crippen LogP) is 3.55. The summed E-state index contributed by atoms with van der Waals surface area (Å²) in [5.41, 5.74) is 0.352. The monoisotopic (exact) mass is 383 g/mol. The van der Waals surface area contributed by atoms with E-state index in [0.717, 1.165) is 30.6 Å². The van der Waals surface area contributed by atoms with E-state index in [1.165, 1.54) is 0 Å². The molecule has 1 heterocycles. The van der Waals surface area contributed by atoms with Gasteiger partial charge in [-0.2, -0.15) is 0 Å². The number of hydrogen-bond acceptors (Lipinski definition) is 3. The Morgan fingerprint density at radius 1 is 1.07 bits per heavy atom. The van der Waals surface area contributed by atoms with Gasteiger partial charge in [-0.3, -0.25) is 4.79 Å². The van der Waals surface area contributed by atoms with Gasteiger partial charge in [-0.25, -0.2) is 4.79 Å². The molecule has 6 heteroatoms. The van der Waals surface area contributed by atoms with Crippen LogP contribution in [0.2, 0.25) is 0 Å². The molecule has 0 saturated heterocycles. The Balaban J connectivity index is 1.59. The number of rotatable bonds is 7. The molecule has 1 aromatic heterocycles. The van der Waals surface area contributed by atoms with Gasteiger partial charge in [0.2, 0.25) is 5.91 Å². The minimum Gasteiger partial charge on any atom is -0.469 e. The number of hydrogen-bond donors (Lipinski definition) is 3. The first-order chi connectivity index (χ1) is 13.6. The van der Waals surface area contributed by atoms with Crippen LogP contribution >= 0.6 is 0 Å². The lowest BCUT2D eigenvalue weighted by molar-refractivity contribution is -0.128. The fourth-order valence-corrected chi connectivity index (χ4v) is 4.04. The summed E-state index contributed by atoms with van der Waals surface area (Å²) in [6.07, 6.45) is 6.73. The molecule has 1 aliphatic carbocycles. The number of carbonyl (C=O) groups is 2. The summed E-state index contributed by atoms with van der Waals surface area (Å²) >= 11 is 0. The standard InChI is InChI=1S/C22H29N3O3/c1-23-20(26)22(13-6-3-7-14-22)25-21(27)24-15-12-18(19-11-8-16-28-19)17-9-4-2-5-10-17/h2,4-5,8-11,16,18H,3,6-7,12-15H2,1H3,(H,23,26)(H2,24,25,27)/t18-/m0/s1. The van der Waals surface area contributed by atoms with Crippen LogP contribution in [-0.2, 0) is 4.79 Å². The van der Waals surface area contributed by atoms with E-state index in [4.69, 9.17) is 4.42 Å². The van der Waals surface area contributed by atoms with E-state index in [9.17, 15) is 9.59 Å². The van der Waals surface area contributed by atoms with Crippen LogP contribution in [0.5, 0.6) is 0 Å². The zero-order valence-electron chi connectivity index (χ0n) is 16.4. The van der Waals surface area contributed by atoms with Crippen LogP contribution in [-0.4, -0.2) is 31.1 Å². The van der Waals surface area contributed by atoms with Crippen molar-refractivity contribution < 1.29 is 14.0 Å². The molecule has 0 spiro atoms. The van der Waals surface area contributed by atoms with Gasteiger partial charge in [0, 0.05) is 19.5 Å². The smallest absolute Gasteiger partial charge is 0.315 e. The molecule has 0 bridgehead atoms. The summed E-state index contributed by atoms with van der Waals surface area (Å²) in [5.74, 6) is 0.835. The Hall–Kier alpha value is -2.76. The lowest BCUT2D eigenvalue weighted by atomic mass is 9.81. The molecule has 3 N–H and O–H groups in total. The first kappa shape index (κ1) is 20.0. The largest absolute Gasteiger partial charge is 0.469 e. The van der Waals surface area contributed by atoms with Crippen LogP contribution in [0.15, 0.2) is 53.1 Å². The Morgan fingerprint density at radius 3 is 2.46 bits per heavy atom. The lowest BCUT2D eigenvalue weighted by Gasteiger charge is -2.36. The molecule has 150 valence electrons. The van der Waals surface area contributed by atoms with Crippen molar-refractivity contribution >= 4 is 11.9 Å². The first-order valence-electron chi connectivity index (χ1n) is 10.0. The van der Waals surface area contributed by atoms with Gasteiger partial charge in [-0.15, -0.1) is 0 Å². The van der Waals surface area contributed by atoms with Gasteiger partial charge in [0.1, 0.15) is 11.3 Å². The number of benzene rings is 1. The number of nitrogens with one attached hydrogen (secondary N) is 3. The van der Waals surface area contributed by atoms with Crippen LogP contribution in [0.1, 0.15) is 55.8 Å². The van der Waals surface area contributed by atoms with Crippen LogP contribution in [0.4, 0.5) is 4.79 Å². The highest BCUT2D eigenvalue weighted by atomic mass is 16.3.